The molecular weight excluding hydrogens is 214 g/mol. The van der Waals surface area contributed by atoms with Crippen molar-refractivity contribution in [3.8, 4) is 0 Å². The Balaban J connectivity index is 2.42. The lowest BCUT2D eigenvalue weighted by molar-refractivity contribution is 0.0516. The summed E-state index contributed by atoms with van der Waals surface area (Å²) in [6.45, 7) is 5.82. The number of nitrogens with zero attached hydrogens (tertiary/aromatic N) is 1. The lowest BCUT2D eigenvalue weighted by Gasteiger charge is -2.23. The lowest BCUT2D eigenvalue weighted by atomic mass is 9.93. The predicted molar refractivity (Wildman–Crippen MR) is 70.8 cm³/mol. The van der Waals surface area contributed by atoms with Crippen LogP contribution in [0.2, 0.25) is 0 Å². The second kappa shape index (κ2) is 6.57. The van der Waals surface area contributed by atoms with Gasteiger partial charge in [-0.1, -0.05) is 6.92 Å². The zero-order valence-electron chi connectivity index (χ0n) is 10.7. The maximum absolute atomic E-state index is 10.3. The molecule has 17 heavy (non-hydrogen) atoms. The van der Waals surface area contributed by atoms with E-state index in [-0.39, 0.29) is 0 Å². The predicted octanol–water partition coefficient (Wildman–Crippen LogP) is 1.35. The molecule has 96 valence electrons. The number of nitrogens with one attached hydrogen (secondary N) is 1. The van der Waals surface area contributed by atoms with Crippen LogP contribution in [0.4, 0.5) is 5.82 Å². The molecule has 0 bridgehead atoms. The van der Waals surface area contributed by atoms with Gasteiger partial charge in [-0.2, -0.15) is 0 Å². The Hall–Kier alpha value is -1.13. The number of nitrogen functional groups attached to an aromatic ring is 1. The van der Waals surface area contributed by atoms with Gasteiger partial charge in [0.15, 0.2) is 0 Å². The van der Waals surface area contributed by atoms with Gasteiger partial charge in [0.1, 0.15) is 5.82 Å². The molecule has 0 spiro atoms. The maximum atomic E-state index is 10.3. The van der Waals surface area contributed by atoms with Crippen LogP contribution in [0.25, 0.3) is 0 Å². The third-order valence-corrected chi connectivity index (χ3v) is 2.70. The van der Waals surface area contributed by atoms with Crippen molar-refractivity contribution in [2.45, 2.75) is 38.7 Å². The topological polar surface area (TPSA) is 71.2 Å². The molecule has 4 heteroatoms. The number of hydrogen-bond donors (Lipinski definition) is 3. The van der Waals surface area contributed by atoms with E-state index >= 15 is 0 Å². The molecule has 0 fully saturated rings. The molecule has 1 heterocycles. The number of nitrogens with two attached hydrogens (primary N) is 1. The maximum Gasteiger partial charge on any atom is 0.123 e. The van der Waals surface area contributed by atoms with Gasteiger partial charge in [0.25, 0.3) is 0 Å². The van der Waals surface area contributed by atoms with Crippen molar-refractivity contribution >= 4 is 5.82 Å². The molecule has 1 rings (SSSR count). The van der Waals surface area contributed by atoms with E-state index in [2.05, 4.69) is 17.2 Å². The molecule has 0 aliphatic carbocycles. The second-order valence-electron chi connectivity index (χ2n) is 4.76. The van der Waals surface area contributed by atoms with Crippen LogP contribution in [0.5, 0.6) is 0 Å². The van der Waals surface area contributed by atoms with E-state index in [4.69, 9.17) is 5.73 Å². The zero-order chi connectivity index (χ0) is 12.7. The molecule has 4 N–H and O–H groups in total. The summed E-state index contributed by atoms with van der Waals surface area (Å²) >= 11 is 0. The fourth-order valence-corrected chi connectivity index (χ4v) is 1.79. The average molecular weight is 237 g/mol. The van der Waals surface area contributed by atoms with E-state index in [1.165, 1.54) is 0 Å². The van der Waals surface area contributed by atoms with Crippen LogP contribution in [0, 0.1) is 0 Å². The van der Waals surface area contributed by atoms with Crippen LogP contribution in [0.15, 0.2) is 18.3 Å². The smallest absolute Gasteiger partial charge is 0.123 e. The first kappa shape index (κ1) is 13.9. The Morgan fingerprint density at radius 1 is 1.47 bits per heavy atom. The van der Waals surface area contributed by atoms with Gasteiger partial charge in [-0.05, 0) is 50.6 Å². The van der Waals surface area contributed by atoms with E-state index < -0.39 is 5.60 Å². The number of hydrogen-bond acceptors (Lipinski definition) is 4. The van der Waals surface area contributed by atoms with Gasteiger partial charge in [0.05, 0.1) is 5.60 Å². The van der Waals surface area contributed by atoms with Crippen LogP contribution in [-0.2, 0) is 6.42 Å². The summed E-state index contributed by atoms with van der Waals surface area (Å²) in [5.41, 5.74) is 5.94. The van der Waals surface area contributed by atoms with E-state index in [1.807, 2.05) is 19.1 Å². The second-order valence-corrected chi connectivity index (χ2v) is 4.76. The van der Waals surface area contributed by atoms with Crippen LogP contribution in [0.3, 0.4) is 0 Å². The van der Waals surface area contributed by atoms with Crippen molar-refractivity contribution in [2.75, 3.05) is 18.8 Å². The first-order valence-corrected chi connectivity index (χ1v) is 6.17. The van der Waals surface area contributed by atoms with E-state index in [9.17, 15) is 5.11 Å². The van der Waals surface area contributed by atoms with Gasteiger partial charge in [-0.25, -0.2) is 4.98 Å². The van der Waals surface area contributed by atoms with E-state index in [0.29, 0.717) is 12.2 Å². The zero-order valence-corrected chi connectivity index (χ0v) is 10.7. The molecule has 1 atom stereocenters. The van der Waals surface area contributed by atoms with Gasteiger partial charge in [0.2, 0.25) is 0 Å². The van der Waals surface area contributed by atoms with Crippen LogP contribution >= 0.6 is 0 Å². The van der Waals surface area contributed by atoms with Gasteiger partial charge >= 0.3 is 0 Å². The van der Waals surface area contributed by atoms with E-state index in [1.54, 1.807) is 6.20 Å². The molecular formula is C13H23N3O. The van der Waals surface area contributed by atoms with Crippen LogP contribution in [0.1, 0.15) is 32.3 Å². The van der Waals surface area contributed by atoms with Gasteiger partial charge in [0, 0.05) is 12.6 Å². The van der Waals surface area contributed by atoms with Gasteiger partial charge < -0.3 is 16.2 Å². The quantitative estimate of drug-likeness (QED) is 0.626. The highest BCUT2D eigenvalue weighted by Crippen LogP contribution is 2.17. The Morgan fingerprint density at radius 2 is 2.24 bits per heavy atom. The minimum absolute atomic E-state index is 0.502. The van der Waals surface area contributed by atoms with E-state index in [0.717, 1.165) is 31.5 Å². The molecule has 4 nitrogen and oxygen atoms in total. The Kier molecular flexibility index (Phi) is 5.38. The van der Waals surface area contributed by atoms with Crippen LogP contribution < -0.4 is 11.1 Å². The molecule has 0 saturated heterocycles. The Labute approximate surface area is 103 Å². The van der Waals surface area contributed by atoms with Crippen molar-refractivity contribution in [3.05, 3.63) is 23.9 Å². The molecule has 1 aromatic rings. The third-order valence-electron chi connectivity index (χ3n) is 2.70. The highest BCUT2D eigenvalue weighted by Gasteiger charge is 2.20. The Morgan fingerprint density at radius 3 is 2.88 bits per heavy atom. The molecule has 1 aromatic heterocycles. The summed E-state index contributed by atoms with van der Waals surface area (Å²) in [5, 5.41) is 13.5. The monoisotopic (exact) mass is 237 g/mol. The SMILES string of the molecule is CCCNCCC(C)(O)Cc1ccnc(N)c1. The summed E-state index contributed by atoms with van der Waals surface area (Å²) < 4.78 is 0. The molecule has 0 aromatic carbocycles. The number of aromatic nitrogens is 1. The average Bonchev–Trinajstić information content (AvgIpc) is 2.24. The standard InChI is InChI=1S/C13H23N3O/c1-3-6-15-8-5-13(2,17)10-11-4-7-16-12(14)9-11/h4,7,9,15,17H,3,5-6,8,10H2,1-2H3,(H2,14,16). The minimum Gasteiger partial charge on any atom is -0.390 e. The Bertz CT molecular complexity index is 339. The first-order chi connectivity index (χ1) is 8.03. The van der Waals surface area contributed by atoms with Crippen molar-refractivity contribution in [1.29, 1.82) is 0 Å². The summed E-state index contributed by atoms with van der Waals surface area (Å²) in [6, 6.07) is 3.71. The van der Waals surface area contributed by atoms with Crippen LogP contribution in [-0.4, -0.2) is 28.8 Å². The van der Waals surface area contributed by atoms with Crippen molar-refractivity contribution in [3.63, 3.8) is 0 Å². The number of rotatable bonds is 7. The number of aliphatic hydroxyl groups is 1. The van der Waals surface area contributed by atoms with Crippen molar-refractivity contribution in [2.24, 2.45) is 0 Å². The molecule has 0 saturated carbocycles. The summed E-state index contributed by atoms with van der Waals surface area (Å²) in [4.78, 5) is 3.94. The summed E-state index contributed by atoms with van der Waals surface area (Å²) in [6.07, 6.45) is 4.13. The highest BCUT2D eigenvalue weighted by molar-refractivity contribution is 5.32. The van der Waals surface area contributed by atoms with Crippen molar-refractivity contribution in [1.82, 2.24) is 10.3 Å². The molecule has 0 aliphatic rings. The fraction of sp³-hybridized carbons (Fsp3) is 0.615. The fourth-order valence-electron chi connectivity index (χ4n) is 1.79. The summed E-state index contributed by atoms with van der Waals surface area (Å²) in [5.74, 6) is 0.502. The summed E-state index contributed by atoms with van der Waals surface area (Å²) in [7, 11) is 0. The third kappa shape index (κ3) is 5.65. The molecule has 0 aliphatic heterocycles. The largest absolute Gasteiger partial charge is 0.390 e. The first-order valence-electron chi connectivity index (χ1n) is 6.17. The highest BCUT2D eigenvalue weighted by atomic mass is 16.3. The van der Waals surface area contributed by atoms with Gasteiger partial charge in [-0.3, -0.25) is 0 Å². The van der Waals surface area contributed by atoms with Crippen molar-refractivity contribution < 1.29 is 5.11 Å². The molecule has 1 unspecified atom stereocenters. The number of anilines is 1. The van der Waals surface area contributed by atoms with Gasteiger partial charge in [-0.15, -0.1) is 0 Å². The normalized spacial score (nSPS) is 14.5. The lowest BCUT2D eigenvalue weighted by Crippen LogP contribution is -2.32. The molecule has 0 amide bonds. The minimum atomic E-state index is -0.700. The number of pyridine rings is 1. The molecule has 0 radical (unpaired) electrons.